The number of nitrogens with one attached hydrogen (secondary N) is 1. The van der Waals surface area contributed by atoms with E-state index in [1.165, 1.54) is 0 Å². The highest BCUT2D eigenvalue weighted by atomic mass is 16.5. The molecule has 0 spiro atoms. The summed E-state index contributed by atoms with van der Waals surface area (Å²) in [5.74, 6) is -0.0243. The fourth-order valence-electron chi connectivity index (χ4n) is 3.18. The first-order valence-electron chi connectivity index (χ1n) is 9.05. The number of carbonyl (C=O) groups is 1. The van der Waals surface area contributed by atoms with Gasteiger partial charge in [0.15, 0.2) is 5.78 Å². The maximum Gasteiger partial charge on any atom is 0.185 e. The standard InChI is InChI=1S/C22H21N3O2/c26-21(17-6-9-20(10-7-17)25-12-14-27-15-13-25)11-8-19-16-23-24-22(19)18-4-2-1-3-5-18/h1-11,16H,12-15H2,(H,23,24). The van der Waals surface area contributed by atoms with Crippen LogP contribution in [0.3, 0.4) is 0 Å². The molecule has 1 N–H and O–H groups in total. The number of H-pyrrole nitrogens is 1. The van der Waals surface area contributed by atoms with Gasteiger partial charge >= 0.3 is 0 Å². The minimum absolute atomic E-state index is 0.0243. The molecule has 1 fully saturated rings. The number of hydrogen-bond donors (Lipinski definition) is 1. The van der Waals surface area contributed by atoms with Crippen LogP contribution >= 0.6 is 0 Å². The van der Waals surface area contributed by atoms with E-state index >= 15 is 0 Å². The molecule has 0 saturated carbocycles. The van der Waals surface area contributed by atoms with Gasteiger partial charge in [-0.3, -0.25) is 9.89 Å². The van der Waals surface area contributed by atoms with Gasteiger partial charge in [0.05, 0.1) is 25.1 Å². The van der Waals surface area contributed by atoms with Gasteiger partial charge in [0.25, 0.3) is 0 Å². The maximum absolute atomic E-state index is 12.5. The average molecular weight is 359 g/mol. The van der Waals surface area contributed by atoms with E-state index in [4.69, 9.17) is 4.74 Å². The molecule has 136 valence electrons. The predicted molar refractivity (Wildman–Crippen MR) is 107 cm³/mol. The summed E-state index contributed by atoms with van der Waals surface area (Å²) >= 11 is 0. The van der Waals surface area contributed by atoms with Crippen molar-refractivity contribution in [3.63, 3.8) is 0 Å². The molecule has 1 saturated heterocycles. The van der Waals surface area contributed by atoms with E-state index in [9.17, 15) is 4.79 Å². The smallest absolute Gasteiger partial charge is 0.185 e. The topological polar surface area (TPSA) is 58.2 Å². The van der Waals surface area contributed by atoms with Gasteiger partial charge in [-0.15, -0.1) is 0 Å². The third kappa shape index (κ3) is 3.99. The van der Waals surface area contributed by atoms with Crippen LogP contribution in [0.4, 0.5) is 5.69 Å². The lowest BCUT2D eigenvalue weighted by Crippen LogP contribution is -2.36. The molecule has 2 heterocycles. The summed E-state index contributed by atoms with van der Waals surface area (Å²) in [7, 11) is 0. The number of ketones is 1. The minimum atomic E-state index is -0.0243. The third-order valence-electron chi connectivity index (χ3n) is 4.67. The lowest BCUT2D eigenvalue weighted by atomic mass is 10.1. The average Bonchev–Trinajstić information content (AvgIpc) is 3.22. The molecule has 0 unspecified atom stereocenters. The fraction of sp³-hybridized carbons (Fsp3) is 0.182. The summed E-state index contributed by atoms with van der Waals surface area (Å²) in [6.45, 7) is 3.27. The first-order valence-corrected chi connectivity index (χ1v) is 9.05. The summed E-state index contributed by atoms with van der Waals surface area (Å²) < 4.78 is 5.38. The van der Waals surface area contributed by atoms with Crippen LogP contribution in [-0.2, 0) is 4.74 Å². The van der Waals surface area contributed by atoms with Gasteiger partial charge < -0.3 is 9.64 Å². The highest BCUT2D eigenvalue weighted by Crippen LogP contribution is 2.22. The van der Waals surface area contributed by atoms with Crippen molar-refractivity contribution < 1.29 is 9.53 Å². The van der Waals surface area contributed by atoms with Crippen molar-refractivity contribution in [2.45, 2.75) is 0 Å². The highest BCUT2D eigenvalue weighted by Gasteiger charge is 2.12. The van der Waals surface area contributed by atoms with Crippen LogP contribution in [0.1, 0.15) is 15.9 Å². The Hall–Kier alpha value is -3.18. The predicted octanol–water partition coefficient (Wildman–Crippen LogP) is 3.81. The molecule has 0 aliphatic carbocycles. The van der Waals surface area contributed by atoms with Crippen LogP contribution in [0.15, 0.2) is 66.9 Å². The Balaban J connectivity index is 1.47. The van der Waals surface area contributed by atoms with Crippen molar-refractivity contribution >= 4 is 17.5 Å². The summed E-state index contributed by atoms with van der Waals surface area (Å²) in [5, 5.41) is 7.11. The number of carbonyl (C=O) groups excluding carboxylic acids is 1. The molecule has 5 heteroatoms. The summed E-state index contributed by atoms with van der Waals surface area (Å²) in [4.78, 5) is 14.8. The van der Waals surface area contributed by atoms with Crippen molar-refractivity contribution in [2.75, 3.05) is 31.2 Å². The molecule has 3 aromatic rings. The molecule has 1 aliphatic heterocycles. The van der Waals surface area contributed by atoms with E-state index < -0.39 is 0 Å². The molecule has 0 radical (unpaired) electrons. The molecule has 0 bridgehead atoms. The monoisotopic (exact) mass is 359 g/mol. The zero-order chi connectivity index (χ0) is 18.5. The zero-order valence-corrected chi connectivity index (χ0v) is 15.0. The second-order valence-electron chi connectivity index (χ2n) is 6.41. The molecular weight excluding hydrogens is 338 g/mol. The quantitative estimate of drug-likeness (QED) is 0.556. The van der Waals surface area contributed by atoms with Crippen molar-refractivity contribution in [1.82, 2.24) is 10.2 Å². The molecule has 4 rings (SSSR count). The molecule has 0 amide bonds. The number of hydrogen-bond acceptors (Lipinski definition) is 4. The van der Waals surface area contributed by atoms with Crippen LogP contribution in [0, 0.1) is 0 Å². The Morgan fingerprint density at radius 2 is 1.78 bits per heavy atom. The Bertz CT molecular complexity index is 924. The first-order chi connectivity index (χ1) is 13.3. The number of allylic oxidation sites excluding steroid dienone is 1. The van der Waals surface area contributed by atoms with Gasteiger partial charge in [0.2, 0.25) is 0 Å². The number of anilines is 1. The van der Waals surface area contributed by atoms with Crippen LogP contribution in [-0.4, -0.2) is 42.3 Å². The van der Waals surface area contributed by atoms with Crippen molar-refractivity contribution in [3.05, 3.63) is 78.0 Å². The lowest BCUT2D eigenvalue weighted by Gasteiger charge is -2.28. The second-order valence-corrected chi connectivity index (χ2v) is 6.41. The van der Waals surface area contributed by atoms with Crippen molar-refractivity contribution in [2.24, 2.45) is 0 Å². The maximum atomic E-state index is 12.5. The van der Waals surface area contributed by atoms with Gasteiger partial charge in [-0.05, 0) is 36.4 Å². The summed E-state index contributed by atoms with van der Waals surface area (Å²) in [6.07, 6.45) is 5.14. The molecular formula is C22H21N3O2. The van der Waals surface area contributed by atoms with Crippen LogP contribution in [0.25, 0.3) is 17.3 Å². The van der Waals surface area contributed by atoms with Gasteiger partial charge in [-0.2, -0.15) is 5.10 Å². The van der Waals surface area contributed by atoms with E-state index in [-0.39, 0.29) is 5.78 Å². The van der Waals surface area contributed by atoms with Gasteiger partial charge in [0.1, 0.15) is 0 Å². The zero-order valence-electron chi connectivity index (χ0n) is 15.0. The van der Waals surface area contributed by atoms with Gasteiger partial charge in [0, 0.05) is 35.5 Å². The van der Waals surface area contributed by atoms with Crippen molar-refractivity contribution in [1.29, 1.82) is 0 Å². The SMILES string of the molecule is O=C(C=Cc1cn[nH]c1-c1ccccc1)c1ccc(N2CCOCC2)cc1. The number of aromatic nitrogens is 2. The molecule has 1 aliphatic rings. The highest BCUT2D eigenvalue weighted by molar-refractivity contribution is 6.07. The molecule has 1 aromatic heterocycles. The normalized spacial score (nSPS) is 14.6. The molecule has 0 atom stereocenters. The van der Waals surface area contributed by atoms with Gasteiger partial charge in [-0.1, -0.05) is 30.3 Å². The number of benzene rings is 2. The molecule has 27 heavy (non-hydrogen) atoms. The van der Waals surface area contributed by atoms with E-state index in [2.05, 4.69) is 15.1 Å². The van der Waals surface area contributed by atoms with E-state index in [0.29, 0.717) is 5.56 Å². The molecule has 5 nitrogen and oxygen atoms in total. The number of aromatic amines is 1. The van der Waals surface area contributed by atoms with Gasteiger partial charge in [-0.25, -0.2) is 0 Å². The fourth-order valence-corrected chi connectivity index (χ4v) is 3.18. The van der Waals surface area contributed by atoms with E-state index in [1.54, 1.807) is 12.3 Å². The Morgan fingerprint density at radius 3 is 2.52 bits per heavy atom. The van der Waals surface area contributed by atoms with Crippen molar-refractivity contribution in [3.8, 4) is 11.3 Å². The second kappa shape index (κ2) is 8.01. The summed E-state index contributed by atoms with van der Waals surface area (Å²) in [5.41, 5.74) is 4.63. The van der Waals surface area contributed by atoms with Crippen LogP contribution in [0.5, 0.6) is 0 Å². The Morgan fingerprint density at radius 1 is 1.04 bits per heavy atom. The minimum Gasteiger partial charge on any atom is -0.378 e. The molecule has 2 aromatic carbocycles. The largest absolute Gasteiger partial charge is 0.378 e. The number of rotatable bonds is 5. The van der Waals surface area contributed by atoms with Crippen LogP contribution < -0.4 is 4.90 Å². The Kier molecular flexibility index (Phi) is 5.12. The number of nitrogens with zero attached hydrogens (tertiary/aromatic N) is 2. The van der Waals surface area contributed by atoms with Crippen LogP contribution in [0.2, 0.25) is 0 Å². The first kappa shape index (κ1) is 17.2. The van der Waals surface area contributed by atoms with E-state index in [1.807, 2.05) is 60.7 Å². The third-order valence-corrected chi connectivity index (χ3v) is 4.67. The lowest BCUT2D eigenvalue weighted by molar-refractivity contribution is 0.104. The van der Waals surface area contributed by atoms with E-state index in [0.717, 1.165) is 48.8 Å². The number of ether oxygens (including phenoxy) is 1. The summed E-state index contributed by atoms with van der Waals surface area (Å²) in [6, 6.07) is 17.7. The Labute approximate surface area is 158 Å². The number of morpholine rings is 1.